The quantitative estimate of drug-likeness (QED) is 0.737. The highest BCUT2D eigenvalue weighted by Crippen LogP contribution is 2.21. The number of amides is 2. The lowest BCUT2D eigenvalue weighted by molar-refractivity contribution is 0.227. The number of likely N-dealkylation sites (tertiary alicyclic amines) is 1. The van der Waals surface area contributed by atoms with E-state index in [9.17, 15) is 4.79 Å². The highest BCUT2D eigenvalue weighted by Gasteiger charge is 2.25. The molecule has 1 aromatic carbocycles. The van der Waals surface area contributed by atoms with Crippen LogP contribution in [0.5, 0.6) is 0 Å². The van der Waals surface area contributed by atoms with E-state index in [-0.39, 0.29) is 6.03 Å². The van der Waals surface area contributed by atoms with Gasteiger partial charge in [-0.05, 0) is 55.8 Å². The summed E-state index contributed by atoms with van der Waals surface area (Å²) < 4.78 is 5.31. The number of rotatable bonds is 5. The summed E-state index contributed by atoms with van der Waals surface area (Å²) >= 11 is 0. The van der Waals surface area contributed by atoms with Gasteiger partial charge in [-0.2, -0.15) is 0 Å². The first-order valence-electron chi connectivity index (χ1n) is 8.94. The fourth-order valence-electron chi connectivity index (χ4n) is 3.46. The van der Waals surface area contributed by atoms with Crippen LogP contribution in [-0.4, -0.2) is 35.0 Å². The van der Waals surface area contributed by atoms with Crippen LogP contribution in [0.3, 0.4) is 0 Å². The van der Waals surface area contributed by atoms with Crippen LogP contribution in [0, 0.1) is 0 Å². The molecule has 1 saturated heterocycles. The number of aromatic nitrogens is 1. The summed E-state index contributed by atoms with van der Waals surface area (Å²) in [4.78, 5) is 19.0. The molecule has 3 heterocycles. The highest BCUT2D eigenvalue weighted by molar-refractivity contribution is 5.92. The molecule has 1 atom stereocenters. The predicted molar refractivity (Wildman–Crippen MR) is 101 cm³/mol. The first kappa shape index (κ1) is 16.6. The molecule has 1 unspecified atom stereocenters. The maximum atomic E-state index is 12.2. The van der Waals surface area contributed by atoms with Gasteiger partial charge in [0.15, 0.2) is 0 Å². The summed E-state index contributed by atoms with van der Waals surface area (Å²) in [5, 5.41) is 6.86. The highest BCUT2D eigenvalue weighted by atomic mass is 16.3. The zero-order chi connectivity index (χ0) is 17.8. The molecular weight excluding hydrogens is 328 g/mol. The van der Waals surface area contributed by atoms with Crippen LogP contribution in [-0.2, 0) is 6.54 Å². The molecule has 1 aliphatic rings. The fourth-order valence-corrected chi connectivity index (χ4v) is 3.46. The van der Waals surface area contributed by atoms with Gasteiger partial charge >= 0.3 is 6.03 Å². The van der Waals surface area contributed by atoms with Crippen molar-refractivity contribution in [1.82, 2.24) is 15.2 Å². The van der Waals surface area contributed by atoms with Crippen molar-refractivity contribution in [1.29, 1.82) is 0 Å². The number of anilines is 1. The normalized spacial score (nSPS) is 17.5. The van der Waals surface area contributed by atoms with Crippen molar-refractivity contribution in [2.24, 2.45) is 0 Å². The van der Waals surface area contributed by atoms with Crippen LogP contribution < -0.4 is 10.6 Å². The number of benzene rings is 1. The second kappa shape index (κ2) is 7.58. The average molecular weight is 350 g/mol. The zero-order valence-electron chi connectivity index (χ0n) is 14.5. The van der Waals surface area contributed by atoms with Gasteiger partial charge in [0.1, 0.15) is 5.58 Å². The molecule has 134 valence electrons. The van der Waals surface area contributed by atoms with E-state index >= 15 is 0 Å². The molecule has 6 nitrogen and oxygen atoms in total. The number of urea groups is 1. The van der Waals surface area contributed by atoms with E-state index < -0.39 is 0 Å². The Labute approximate surface area is 152 Å². The van der Waals surface area contributed by atoms with Crippen molar-refractivity contribution in [2.75, 3.05) is 18.4 Å². The Hall–Kier alpha value is -2.86. The lowest BCUT2D eigenvalue weighted by Crippen LogP contribution is -2.41. The van der Waals surface area contributed by atoms with Crippen molar-refractivity contribution in [3.05, 3.63) is 60.6 Å². The van der Waals surface area contributed by atoms with E-state index in [1.54, 1.807) is 6.26 Å². The molecule has 0 spiro atoms. The van der Waals surface area contributed by atoms with Gasteiger partial charge in [-0.1, -0.05) is 6.07 Å². The summed E-state index contributed by atoms with van der Waals surface area (Å²) in [6.07, 6.45) is 5.71. The molecule has 3 aromatic rings. The minimum Gasteiger partial charge on any atom is -0.464 e. The standard InChI is InChI=1S/C20H22N4O2/c25-20(23-16-6-7-19-15(12-16)8-11-26-19)22-13-18-5-3-10-24(18)14-17-4-1-2-9-21-17/h1-2,4,6-9,11-12,18H,3,5,10,13-14H2,(H2,22,23,25). The number of nitrogens with one attached hydrogen (secondary N) is 2. The van der Waals surface area contributed by atoms with Crippen molar-refractivity contribution in [3.63, 3.8) is 0 Å². The van der Waals surface area contributed by atoms with Gasteiger partial charge in [0.25, 0.3) is 0 Å². The lowest BCUT2D eigenvalue weighted by Gasteiger charge is -2.24. The smallest absolute Gasteiger partial charge is 0.319 e. The van der Waals surface area contributed by atoms with Gasteiger partial charge < -0.3 is 15.1 Å². The van der Waals surface area contributed by atoms with E-state index in [1.165, 1.54) is 0 Å². The summed E-state index contributed by atoms with van der Waals surface area (Å²) in [7, 11) is 0. The first-order valence-corrected chi connectivity index (χ1v) is 8.94. The summed E-state index contributed by atoms with van der Waals surface area (Å²) in [5.74, 6) is 0. The molecule has 6 heteroatoms. The fraction of sp³-hybridized carbons (Fsp3) is 0.300. The Kier molecular flexibility index (Phi) is 4.84. The summed E-state index contributed by atoms with van der Waals surface area (Å²) in [5.41, 5.74) is 2.64. The molecule has 0 radical (unpaired) electrons. The predicted octanol–water partition coefficient (Wildman–Crippen LogP) is 3.61. The van der Waals surface area contributed by atoms with Crippen molar-refractivity contribution in [3.8, 4) is 0 Å². The number of hydrogen-bond donors (Lipinski definition) is 2. The topological polar surface area (TPSA) is 70.4 Å². The Balaban J connectivity index is 1.30. The summed E-state index contributed by atoms with van der Waals surface area (Å²) in [6, 6.07) is 13.6. The molecule has 4 rings (SSSR count). The van der Waals surface area contributed by atoms with Gasteiger partial charge in [-0.25, -0.2) is 4.79 Å². The maximum Gasteiger partial charge on any atom is 0.319 e. The van der Waals surface area contributed by atoms with E-state index in [2.05, 4.69) is 20.5 Å². The minimum atomic E-state index is -0.183. The van der Waals surface area contributed by atoms with Crippen LogP contribution in [0.2, 0.25) is 0 Å². The van der Waals surface area contributed by atoms with Crippen molar-refractivity contribution >= 4 is 22.7 Å². The number of carbonyl (C=O) groups is 1. The lowest BCUT2D eigenvalue weighted by atomic mass is 10.2. The molecule has 0 bridgehead atoms. The Morgan fingerprint density at radius 1 is 1.27 bits per heavy atom. The summed E-state index contributed by atoms with van der Waals surface area (Å²) in [6.45, 7) is 2.50. The second-order valence-electron chi connectivity index (χ2n) is 6.60. The van der Waals surface area contributed by atoms with Crippen LogP contribution >= 0.6 is 0 Å². The molecule has 2 aromatic heterocycles. The van der Waals surface area contributed by atoms with Gasteiger partial charge in [-0.15, -0.1) is 0 Å². The number of nitrogens with zero attached hydrogens (tertiary/aromatic N) is 2. The first-order chi connectivity index (χ1) is 12.8. The molecule has 0 saturated carbocycles. The largest absolute Gasteiger partial charge is 0.464 e. The van der Waals surface area contributed by atoms with Crippen LogP contribution in [0.15, 0.2) is 59.3 Å². The molecule has 26 heavy (non-hydrogen) atoms. The molecule has 2 N–H and O–H groups in total. The second-order valence-corrected chi connectivity index (χ2v) is 6.60. The minimum absolute atomic E-state index is 0.183. The van der Waals surface area contributed by atoms with Gasteiger partial charge in [0.2, 0.25) is 0 Å². The Morgan fingerprint density at radius 2 is 2.23 bits per heavy atom. The van der Waals surface area contributed by atoms with Crippen molar-refractivity contribution in [2.45, 2.75) is 25.4 Å². The average Bonchev–Trinajstić information content (AvgIpc) is 3.29. The SMILES string of the molecule is O=C(NCC1CCCN1Cc1ccccn1)Nc1ccc2occc2c1. The van der Waals surface area contributed by atoms with E-state index in [4.69, 9.17) is 4.42 Å². The zero-order valence-corrected chi connectivity index (χ0v) is 14.5. The maximum absolute atomic E-state index is 12.2. The molecule has 2 amide bonds. The number of furan rings is 1. The van der Waals surface area contributed by atoms with E-state index in [1.807, 2.05) is 48.7 Å². The number of pyridine rings is 1. The number of carbonyl (C=O) groups excluding carboxylic acids is 1. The molecular formula is C20H22N4O2. The van der Waals surface area contributed by atoms with Crippen LogP contribution in [0.1, 0.15) is 18.5 Å². The Bertz CT molecular complexity index is 878. The molecule has 1 fully saturated rings. The van der Waals surface area contributed by atoms with Crippen LogP contribution in [0.4, 0.5) is 10.5 Å². The van der Waals surface area contributed by atoms with Crippen molar-refractivity contribution < 1.29 is 9.21 Å². The molecule has 0 aliphatic carbocycles. The van der Waals surface area contributed by atoms with Gasteiger partial charge in [-0.3, -0.25) is 9.88 Å². The third kappa shape index (κ3) is 3.86. The number of fused-ring (bicyclic) bond motifs is 1. The van der Waals surface area contributed by atoms with E-state index in [0.29, 0.717) is 12.6 Å². The Morgan fingerprint density at radius 3 is 3.12 bits per heavy atom. The molecule has 1 aliphatic heterocycles. The van der Waals surface area contributed by atoms with Gasteiger partial charge in [0, 0.05) is 36.4 Å². The number of hydrogen-bond acceptors (Lipinski definition) is 4. The van der Waals surface area contributed by atoms with E-state index in [0.717, 1.165) is 48.3 Å². The monoisotopic (exact) mass is 350 g/mol. The third-order valence-corrected chi connectivity index (χ3v) is 4.80. The van der Waals surface area contributed by atoms with Crippen LogP contribution in [0.25, 0.3) is 11.0 Å². The third-order valence-electron chi connectivity index (χ3n) is 4.80. The van der Waals surface area contributed by atoms with Gasteiger partial charge in [0.05, 0.1) is 12.0 Å².